The van der Waals surface area contributed by atoms with E-state index >= 15 is 4.39 Å². The zero-order valence-corrected chi connectivity index (χ0v) is 44.9. The number of hydrogen-bond acceptors (Lipinski definition) is 13. The summed E-state index contributed by atoms with van der Waals surface area (Å²) in [6, 6.07) is 11.8. The Bertz CT molecular complexity index is 2980. The van der Waals surface area contributed by atoms with Crippen LogP contribution in [-0.2, 0) is 20.8 Å². The van der Waals surface area contributed by atoms with Crippen molar-refractivity contribution in [1.82, 2.24) is 54.9 Å². The molecule has 2 aliphatic heterocycles. The molecular formula is C56H72FN13O5S. The smallest absolute Gasteiger partial charge is 0.254 e. The number of rotatable bonds is 23. The molecule has 7 N–H and O–H groups in total. The molecule has 3 fully saturated rings. The van der Waals surface area contributed by atoms with Crippen molar-refractivity contribution < 1.29 is 28.7 Å². The first-order valence-electron chi connectivity index (χ1n) is 26.8. The molecule has 6 heterocycles. The Labute approximate surface area is 447 Å². The first-order chi connectivity index (χ1) is 36.6. The molecule has 3 aliphatic rings. The third-order valence-corrected chi connectivity index (χ3v) is 16.1. The van der Waals surface area contributed by atoms with Crippen LogP contribution in [0.4, 0.5) is 15.9 Å². The van der Waals surface area contributed by atoms with Gasteiger partial charge in [-0.3, -0.25) is 33.6 Å². The molecule has 0 spiro atoms. The number of halogens is 1. The summed E-state index contributed by atoms with van der Waals surface area (Å²) >= 11 is 1.57. The fourth-order valence-electron chi connectivity index (χ4n) is 10.7. The van der Waals surface area contributed by atoms with Gasteiger partial charge in [-0.15, -0.1) is 11.3 Å². The van der Waals surface area contributed by atoms with E-state index in [-0.39, 0.29) is 54.9 Å². The number of piperazine rings is 1. The highest BCUT2D eigenvalue weighted by molar-refractivity contribution is 7.13. The van der Waals surface area contributed by atoms with Crippen molar-refractivity contribution in [2.24, 2.45) is 11.1 Å². The first-order valence-corrected chi connectivity index (χ1v) is 27.7. The lowest BCUT2D eigenvalue weighted by Gasteiger charge is -2.41. The van der Waals surface area contributed by atoms with Gasteiger partial charge in [-0.2, -0.15) is 5.10 Å². The minimum atomic E-state index is -1.35. The number of thiazole rings is 1. The van der Waals surface area contributed by atoms with E-state index in [4.69, 9.17) is 10.7 Å². The number of carbonyl (C=O) groups is 4. The number of aryl methyl sites for hydroxylation is 1. The quantitative estimate of drug-likeness (QED) is 0.0357. The molecule has 2 aromatic carbocycles. The number of aliphatic hydroxyl groups excluding tert-OH is 1. The number of anilines is 2. The number of aromatic nitrogens is 6. The Morgan fingerprint density at radius 1 is 0.934 bits per heavy atom. The minimum Gasteiger partial charge on any atom is -0.391 e. The summed E-state index contributed by atoms with van der Waals surface area (Å²) < 4.78 is 17.6. The number of β-amino-alcohol motifs (C(OH)–C–C–N with tert-alkyl or cyclic N) is 1. The zero-order valence-electron chi connectivity index (χ0n) is 44.1. The summed E-state index contributed by atoms with van der Waals surface area (Å²) in [5.41, 5.74) is 12.6. The number of fused-ring (bicyclic) bond motifs is 1. The van der Waals surface area contributed by atoms with Crippen LogP contribution < -0.4 is 21.7 Å². The number of likely N-dealkylation sites (tertiary alicyclic amines) is 1. The van der Waals surface area contributed by atoms with Crippen LogP contribution in [0.5, 0.6) is 0 Å². The van der Waals surface area contributed by atoms with Crippen LogP contribution in [0.1, 0.15) is 118 Å². The van der Waals surface area contributed by atoms with Crippen LogP contribution in [-0.4, -0.2) is 143 Å². The average Bonchev–Trinajstić information content (AvgIpc) is 3.69. The van der Waals surface area contributed by atoms with Gasteiger partial charge in [-0.05, 0) is 73.9 Å². The highest BCUT2D eigenvalue weighted by Crippen LogP contribution is 2.41. The second-order valence-electron chi connectivity index (χ2n) is 21.9. The summed E-state index contributed by atoms with van der Waals surface area (Å²) in [4.78, 5) is 74.2. The summed E-state index contributed by atoms with van der Waals surface area (Å²) in [5.74, 6) is -0.931. The normalized spacial score (nSPS) is 18.6. The zero-order chi connectivity index (χ0) is 53.6. The van der Waals surface area contributed by atoms with Crippen molar-refractivity contribution in [1.29, 1.82) is 0 Å². The molecule has 1 saturated carbocycles. The predicted octanol–water partition coefficient (Wildman–Crippen LogP) is 6.98. The second kappa shape index (κ2) is 23.7. The van der Waals surface area contributed by atoms with Crippen LogP contribution in [0, 0.1) is 18.2 Å². The molecule has 9 rings (SSSR count). The van der Waals surface area contributed by atoms with Crippen LogP contribution in [0.3, 0.4) is 0 Å². The topological polar surface area (TPSA) is 232 Å². The number of unbranched alkanes of at least 4 members (excludes halogenated alkanes) is 6. The number of aromatic amines is 1. The molecule has 3 atom stereocenters. The maximum absolute atomic E-state index is 15.7. The van der Waals surface area contributed by atoms with Crippen LogP contribution in [0.2, 0.25) is 0 Å². The number of nitrogens with zero attached hydrogens (tertiary/aromatic N) is 8. The van der Waals surface area contributed by atoms with Crippen LogP contribution >= 0.6 is 11.3 Å². The van der Waals surface area contributed by atoms with Gasteiger partial charge in [0.2, 0.25) is 17.7 Å². The third kappa shape index (κ3) is 12.6. The fraction of sp³-hybridized carbons (Fsp3) is 0.500. The van der Waals surface area contributed by atoms with Gasteiger partial charge in [-0.25, -0.2) is 19.3 Å². The molecule has 76 heavy (non-hydrogen) atoms. The number of H-pyrrole nitrogens is 1. The Morgan fingerprint density at radius 2 is 1.66 bits per heavy atom. The summed E-state index contributed by atoms with van der Waals surface area (Å²) in [5, 5.41) is 27.5. The molecular weight excluding hydrogens is 986 g/mol. The fourth-order valence-corrected chi connectivity index (χ4v) is 11.5. The average molecular weight is 1060 g/mol. The van der Waals surface area contributed by atoms with E-state index in [0.717, 1.165) is 96.4 Å². The molecule has 6 aromatic rings. The highest BCUT2D eigenvalue weighted by Gasteiger charge is 2.54. The Balaban J connectivity index is 0.649. The van der Waals surface area contributed by atoms with E-state index in [9.17, 15) is 24.3 Å². The third-order valence-electron chi connectivity index (χ3n) is 15.1. The van der Waals surface area contributed by atoms with Crippen LogP contribution in [0.25, 0.3) is 27.3 Å². The van der Waals surface area contributed by atoms with Gasteiger partial charge in [0.1, 0.15) is 11.4 Å². The molecule has 20 heteroatoms. The summed E-state index contributed by atoms with van der Waals surface area (Å²) in [7, 11) is 0. The lowest BCUT2D eigenvalue weighted by atomic mass is 9.82. The number of aliphatic hydroxyl groups is 1. The standard InChI is InChI=1S/C56H72FN13O5S/c1-36-48(76-35-62-36)39-14-12-37(13-15-39)27-56(54(58)75)28-42(71)32-70(56)53(74)49(55(2,3)4)60-21-11-9-7-5-6-8-10-20-59-47(72)34-67-22-24-68(25-23-67)52(73)40-18-19-44(43(57)26-40)65-50-51-61-31-46(41-29-63-64-30-41)69(51)33-45(66-50)38-16-17-38/h12-15,18-19,26,29-31,33,35,38,42,49,60,71H,5-11,16-17,20-25,27-28,32,34H2,1-4H3,(H2,58,75)(H,59,72)(H,63,64)(H,65,66)/t42-,49-,56+/m1/s1. The molecule has 0 unspecified atom stereocenters. The summed E-state index contributed by atoms with van der Waals surface area (Å²) in [6.07, 6.45) is 15.7. The molecule has 18 nitrogen and oxygen atoms in total. The van der Waals surface area contributed by atoms with Crippen molar-refractivity contribution in [3.63, 3.8) is 0 Å². The molecule has 4 aromatic heterocycles. The number of hydrogen-bond donors (Lipinski definition) is 6. The first kappa shape index (κ1) is 54.2. The maximum Gasteiger partial charge on any atom is 0.254 e. The van der Waals surface area contributed by atoms with Gasteiger partial charge >= 0.3 is 0 Å². The van der Waals surface area contributed by atoms with Gasteiger partial charge < -0.3 is 36.6 Å². The largest absolute Gasteiger partial charge is 0.391 e. The van der Waals surface area contributed by atoms with E-state index in [0.29, 0.717) is 56.7 Å². The lowest BCUT2D eigenvalue weighted by molar-refractivity contribution is -0.147. The second-order valence-corrected chi connectivity index (χ2v) is 22.8. The van der Waals surface area contributed by atoms with Crippen molar-refractivity contribution in [2.45, 2.75) is 122 Å². The minimum absolute atomic E-state index is 0.0406. The Hall–Kier alpha value is -6.61. The number of primary amides is 1. The van der Waals surface area contributed by atoms with E-state index in [1.54, 1.807) is 47.0 Å². The van der Waals surface area contributed by atoms with E-state index < -0.39 is 34.8 Å². The maximum atomic E-state index is 15.7. The number of benzene rings is 2. The van der Waals surface area contributed by atoms with Crippen molar-refractivity contribution in [3.8, 4) is 21.7 Å². The lowest BCUT2D eigenvalue weighted by Crippen LogP contribution is -2.63. The Kier molecular flexibility index (Phi) is 16.9. The van der Waals surface area contributed by atoms with Gasteiger partial charge in [-0.1, -0.05) is 77.1 Å². The number of carbonyl (C=O) groups excluding carboxylic acids is 4. The highest BCUT2D eigenvalue weighted by atomic mass is 32.1. The van der Waals surface area contributed by atoms with E-state index in [2.05, 4.69) is 36.1 Å². The van der Waals surface area contributed by atoms with E-state index in [1.807, 2.05) is 73.0 Å². The number of nitrogens with two attached hydrogens (primary N) is 1. The molecule has 404 valence electrons. The number of imidazole rings is 1. The van der Waals surface area contributed by atoms with Gasteiger partial charge in [0.15, 0.2) is 11.5 Å². The summed E-state index contributed by atoms with van der Waals surface area (Å²) in [6.45, 7) is 11.5. The molecule has 0 radical (unpaired) electrons. The van der Waals surface area contributed by atoms with Crippen molar-refractivity contribution >= 4 is 52.1 Å². The van der Waals surface area contributed by atoms with Crippen LogP contribution in [0.15, 0.2) is 72.8 Å². The molecule has 1 aliphatic carbocycles. The molecule has 2 saturated heterocycles. The van der Waals surface area contributed by atoms with E-state index in [1.165, 1.54) is 11.0 Å². The van der Waals surface area contributed by atoms with Gasteiger partial charge in [0.25, 0.3) is 5.91 Å². The Morgan fingerprint density at radius 3 is 2.30 bits per heavy atom. The number of nitrogens with one attached hydrogen (secondary N) is 4. The molecule has 4 amide bonds. The predicted molar refractivity (Wildman–Crippen MR) is 291 cm³/mol. The van der Waals surface area contributed by atoms with Gasteiger partial charge in [0, 0.05) is 81.5 Å². The van der Waals surface area contributed by atoms with Crippen molar-refractivity contribution in [2.75, 3.05) is 57.7 Å². The number of amides is 4. The van der Waals surface area contributed by atoms with Crippen molar-refractivity contribution in [3.05, 3.63) is 101 Å². The SMILES string of the molecule is Cc1ncsc1-c1ccc(C[C@@]2(C(N)=O)C[C@@H](O)CN2C(=O)[C@@H](NCCCCCCCCCNC(=O)CN2CCN(C(=O)c3ccc(Nc4nc(C5CC5)cn5c(-c6cn[nH]c6)cnc45)c(F)c3)CC2)C(C)(C)C)cc1. The van der Waals surface area contributed by atoms with Gasteiger partial charge in [0.05, 0.1) is 64.2 Å². The molecule has 0 bridgehead atoms. The monoisotopic (exact) mass is 1060 g/mol.